The highest BCUT2D eigenvalue weighted by Crippen LogP contribution is 2.42. The fraction of sp³-hybridized carbons (Fsp3) is 0. The Morgan fingerprint density at radius 3 is 1.61 bits per heavy atom. The third kappa shape index (κ3) is 6.18. The number of hydrogen-bond acceptors (Lipinski definition) is 3. The van der Waals surface area contributed by atoms with E-state index in [0.29, 0.717) is 5.82 Å². The van der Waals surface area contributed by atoms with Crippen molar-refractivity contribution in [1.82, 2.24) is 9.97 Å². The summed E-state index contributed by atoms with van der Waals surface area (Å²) in [5.74, 6) is 0.693. The van der Waals surface area contributed by atoms with E-state index < -0.39 is 0 Å². The first-order chi connectivity index (χ1) is 30.2. The Bertz CT molecular complexity index is 3610. The number of aromatic nitrogens is 2. The predicted octanol–water partition coefficient (Wildman–Crippen LogP) is 16.3. The lowest BCUT2D eigenvalue weighted by molar-refractivity contribution is 1.18. The summed E-state index contributed by atoms with van der Waals surface area (Å²) in [5.41, 5.74) is 12.0. The summed E-state index contributed by atoms with van der Waals surface area (Å²) < 4.78 is 2.62. The normalized spacial score (nSPS) is 11.6. The van der Waals surface area contributed by atoms with Gasteiger partial charge in [0.25, 0.3) is 0 Å². The molecule has 0 aliphatic rings. The molecule has 12 rings (SSSR count). The van der Waals surface area contributed by atoms with Gasteiger partial charge in [-0.1, -0.05) is 194 Å². The molecule has 0 amide bonds. The summed E-state index contributed by atoms with van der Waals surface area (Å²) in [6.07, 6.45) is 0. The van der Waals surface area contributed by atoms with Crippen molar-refractivity contribution in [2.24, 2.45) is 0 Å². The van der Waals surface area contributed by atoms with Crippen molar-refractivity contribution in [3.63, 3.8) is 0 Å². The number of nitrogens with zero attached hydrogens (tertiary/aromatic N) is 2. The molecular formula is C58H36N2S. The van der Waals surface area contributed by atoms with Crippen LogP contribution in [0.2, 0.25) is 0 Å². The van der Waals surface area contributed by atoms with Crippen LogP contribution in [0.25, 0.3) is 120 Å². The molecule has 284 valence electrons. The minimum atomic E-state index is 0.693. The zero-order valence-electron chi connectivity index (χ0n) is 33.1. The summed E-state index contributed by atoms with van der Waals surface area (Å²) in [7, 11) is 0. The van der Waals surface area contributed by atoms with Gasteiger partial charge in [-0.25, -0.2) is 9.97 Å². The van der Waals surface area contributed by atoms with Crippen LogP contribution in [0.1, 0.15) is 0 Å². The van der Waals surface area contributed by atoms with Crippen molar-refractivity contribution >= 4 is 63.8 Å². The van der Waals surface area contributed by atoms with E-state index in [2.05, 4.69) is 218 Å². The average molecular weight is 793 g/mol. The Hall–Kier alpha value is -7.72. The van der Waals surface area contributed by atoms with E-state index in [-0.39, 0.29) is 0 Å². The van der Waals surface area contributed by atoms with Crippen molar-refractivity contribution in [2.75, 3.05) is 0 Å². The van der Waals surface area contributed by atoms with Crippen LogP contribution in [0.5, 0.6) is 0 Å². The maximum atomic E-state index is 5.28. The molecule has 0 N–H and O–H groups in total. The highest BCUT2D eigenvalue weighted by Gasteiger charge is 2.16. The van der Waals surface area contributed by atoms with Gasteiger partial charge in [0.2, 0.25) is 0 Å². The molecule has 0 radical (unpaired) electrons. The van der Waals surface area contributed by atoms with E-state index in [0.717, 1.165) is 33.6 Å². The van der Waals surface area contributed by atoms with E-state index >= 15 is 0 Å². The third-order valence-corrected chi connectivity index (χ3v) is 13.2. The van der Waals surface area contributed by atoms with Gasteiger partial charge in [0.15, 0.2) is 5.82 Å². The standard InChI is InChI=1S/C58H36N2S/c1-2-11-37(12-3-1)38-21-25-41(26-22-38)52-36-53(42-27-23-40(24-28-42)47-18-10-20-55-57(47)50-17-8-9-19-54(50)61-55)60-58(59-52)44-31-29-43(30-32-44)56-48-16-7-5-14-45(48)35-51-46-15-6-4-13-39(46)33-34-49(51)56/h1-36H. The van der Waals surface area contributed by atoms with E-state index in [1.165, 1.54) is 80.3 Å². The molecule has 0 atom stereocenters. The maximum absolute atomic E-state index is 5.28. The second kappa shape index (κ2) is 14.5. The maximum Gasteiger partial charge on any atom is 0.160 e. The van der Waals surface area contributed by atoms with Crippen molar-refractivity contribution < 1.29 is 0 Å². The van der Waals surface area contributed by atoms with Crippen LogP contribution in [-0.4, -0.2) is 9.97 Å². The summed E-state index contributed by atoms with van der Waals surface area (Å²) in [6.45, 7) is 0. The molecule has 0 aliphatic carbocycles. The minimum Gasteiger partial charge on any atom is -0.228 e. The second-order valence-corrected chi connectivity index (χ2v) is 16.8. The van der Waals surface area contributed by atoms with Gasteiger partial charge >= 0.3 is 0 Å². The number of rotatable bonds is 6. The van der Waals surface area contributed by atoms with Crippen LogP contribution in [0.15, 0.2) is 218 Å². The van der Waals surface area contributed by atoms with Gasteiger partial charge in [-0.05, 0) is 90.0 Å². The molecule has 3 heteroatoms. The highest BCUT2D eigenvalue weighted by atomic mass is 32.1. The lowest BCUT2D eigenvalue weighted by Gasteiger charge is -2.15. The first-order valence-electron chi connectivity index (χ1n) is 20.7. The Morgan fingerprint density at radius 1 is 0.295 bits per heavy atom. The molecule has 0 aliphatic heterocycles. The smallest absolute Gasteiger partial charge is 0.160 e. The van der Waals surface area contributed by atoms with Gasteiger partial charge in [0.05, 0.1) is 11.4 Å². The molecule has 12 aromatic rings. The molecule has 0 saturated carbocycles. The summed E-state index contributed by atoms with van der Waals surface area (Å²) in [5, 5.41) is 10.1. The number of fused-ring (bicyclic) bond motifs is 7. The SMILES string of the molecule is c1ccc(-c2ccc(-c3cc(-c4ccc(-c5cccc6sc7ccccc7c56)cc4)nc(-c4ccc(-c5c6ccccc6cc6c5ccc5ccccc56)cc4)n3)cc2)cc1. The molecule has 0 unspecified atom stereocenters. The molecule has 0 saturated heterocycles. The fourth-order valence-corrected chi connectivity index (χ4v) is 10.2. The van der Waals surface area contributed by atoms with E-state index in [4.69, 9.17) is 9.97 Å². The Kier molecular flexibility index (Phi) is 8.39. The molecule has 2 nitrogen and oxygen atoms in total. The van der Waals surface area contributed by atoms with Crippen LogP contribution >= 0.6 is 11.3 Å². The molecule has 0 bridgehead atoms. The quantitative estimate of drug-likeness (QED) is 0.124. The number of hydrogen-bond donors (Lipinski definition) is 0. The zero-order chi connectivity index (χ0) is 40.3. The van der Waals surface area contributed by atoms with E-state index in [9.17, 15) is 0 Å². The van der Waals surface area contributed by atoms with Gasteiger partial charge in [0, 0.05) is 36.9 Å². The number of thiophene rings is 1. The minimum absolute atomic E-state index is 0.693. The molecule has 2 aromatic heterocycles. The average Bonchev–Trinajstić information content (AvgIpc) is 3.73. The monoisotopic (exact) mass is 792 g/mol. The highest BCUT2D eigenvalue weighted by molar-refractivity contribution is 7.25. The van der Waals surface area contributed by atoms with Gasteiger partial charge in [-0.3, -0.25) is 0 Å². The molecular weight excluding hydrogens is 757 g/mol. The van der Waals surface area contributed by atoms with E-state index in [1.807, 2.05) is 11.3 Å². The van der Waals surface area contributed by atoms with Gasteiger partial charge < -0.3 is 0 Å². The summed E-state index contributed by atoms with van der Waals surface area (Å²) >= 11 is 1.85. The molecule has 0 spiro atoms. The molecule has 10 aromatic carbocycles. The lowest BCUT2D eigenvalue weighted by Crippen LogP contribution is -1.96. The van der Waals surface area contributed by atoms with E-state index in [1.54, 1.807) is 0 Å². The summed E-state index contributed by atoms with van der Waals surface area (Å²) in [6, 6.07) is 78.7. The van der Waals surface area contributed by atoms with Crippen LogP contribution in [0.3, 0.4) is 0 Å². The van der Waals surface area contributed by atoms with Crippen molar-refractivity contribution in [3.8, 4) is 67.3 Å². The second-order valence-electron chi connectivity index (χ2n) is 15.7. The first-order valence-corrected chi connectivity index (χ1v) is 21.5. The van der Waals surface area contributed by atoms with Gasteiger partial charge in [0.1, 0.15) is 0 Å². The Labute approximate surface area is 357 Å². The topological polar surface area (TPSA) is 25.8 Å². The van der Waals surface area contributed by atoms with Crippen molar-refractivity contribution in [3.05, 3.63) is 218 Å². The largest absolute Gasteiger partial charge is 0.228 e. The molecule has 61 heavy (non-hydrogen) atoms. The Morgan fingerprint density at radius 2 is 0.852 bits per heavy atom. The third-order valence-electron chi connectivity index (χ3n) is 12.1. The number of benzene rings is 10. The Balaban J connectivity index is 0.972. The van der Waals surface area contributed by atoms with Gasteiger partial charge in [-0.2, -0.15) is 0 Å². The lowest BCUT2D eigenvalue weighted by atomic mass is 9.89. The van der Waals surface area contributed by atoms with Gasteiger partial charge in [-0.15, -0.1) is 11.3 Å². The fourth-order valence-electron chi connectivity index (χ4n) is 9.09. The zero-order valence-corrected chi connectivity index (χ0v) is 33.9. The molecule has 0 fully saturated rings. The van der Waals surface area contributed by atoms with Crippen LogP contribution in [0.4, 0.5) is 0 Å². The van der Waals surface area contributed by atoms with Crippen LogP contribution < -0.4 is 0 Å². The van der Waals surface area contributed by atoms with Crippen LogP contribution in [-0.2, 0) is 0 Å². The predicted molar refractivity (Wildman–Crippen MR) is 260 cm³/mol. The summed E-state index contributed by atoms with van der Waals surface area (Å²) in [4.78, 5) is 10.5. The molecule has 2 heterocycles. The van der Waals surface area contributed by atoms with Crippen molar-refractivity contribution in [2.45, 2.75) is 0 Å². The first kappa shape index (κ1) is 35.2. The van der Waals surface area contributed by atoms with Crippen LogP contribution in [0, 0.1) is 0 Å². The van der Waals surface area contributed by atoms with Crippen molar-refractivity contribution in [1.29, 1.82) is 0 Å².